The fourth-order valence-corrected chi connectivity index (χ4v) is 1.98. The van der Waals surface area contributed by atoms with Crippen molar-refractivity contribution in [1.29, 1.82) is 0 Å². The molecule has 0 atom stereocenters. The molecule has 5 heteroatoms. The molecule has 0 amide bonds. The van der Waals surface area contributed by atoms with Gasteiger partial charge in [-0.3, -0.25) is 0 Å². The van der Waals surface area contributed by atoms with Crippen molar-refractivity contribution in [3.63, 3.8) is 0 Å². The number of aromatic nitrogens is 1. The van der Waals surface area contributed by atoms with E-state index in [4.69, 9.17) is 5.73 Å². The first kappa shape index (κ1) is 13.3. The first-order valence-corrected chi connectivity index (χ1v) is 5.84. The number of hydrogen-bond donors (Lipinski definition) is 1. The van der Waals surface area contributed by atoms with Crippen molar-refractivity contribution in [3.8, 4) is 0 Å². The maximum atomic E-state index is 13.1. The summed E-state index contributed by atoms with van der Waals surface area (Å²) in [5, 5.41) is 0. The van der Waals surface area contributed by atoms with E-state index in [9.17, 15) is 8.78 Å². The number of nitrogens with zero attached hydrogens (tertiary/aromatic N) is 2. The third kappa shape index (κ3) is 2.99. The maximum absolute atomic E-state index is 13.1. The normalized spacial score (nSPS) is 10.5. The summed E-state index contributed by atoms with van der Waals surface area (Å²) < 4.78 is 26.0. The van der Waals surface area contributed by atoms with Gasteiger partial charge in [-0.05, 0) is 36.2 Å². The Bertz CT molecular complexity index is 599. The Kier molecular flexibility index (Phi) is 3.64. The second-order valence-electron chi connectivity index (χ2n) is 4.51. The number of benzene rings is 1. The van der Waals surface area contributed by atoms with Crippen molar-refractivity contribution >= 4 is 11.5 Å². The minimum Gasteiger partial charge on any atom is -0.397 e. The monoisotopic (exact) mass is 263 g/mol. The number of anilines is 2. The van der Waals surface area contributed by atoms with E-state index < -0.39 is 11.6 Å². The van der Waals surface area contributed by atoms with Crippen LogP contribution in [0.5, 0.6) is 0 Å². The van der Waals surface area contributed by atoms with E-state index in [1.54, 1.807) is 12.3 Å². The highest BCUT2D eigenvalue weighted by atomic mass is 19.2. The van der Waals surface area contributed by atoms with Gasteiger partial charge in [0.25, 0.3) is 0 Å². The smallest absolute Gasteiger partial charge is 0.159 e. The average Bonchev–Trinajstić information content (AvgIpc) is 2.33. The van der Waals surface area contributed by atoms with Crippen LogP contribution in [0.15, 0.2) is 30.5 Å². The zero-order valence-corrected chi connectivity index (χ0v) is 10.8. The van der Waals surface area contributed by atoms with Crippen molar-refractivity contribution in [3.05, 3.63) is 53.2 Å². The number of halogens is 2. The predicted octanol–water partition coefficient (Wildman–Crippen LogP) is 2.89. The fraction of sp³-hybridized carbons (Fsp3) is 0.214. The number of aryl methyl sites for hydroxylation is 1. The second kappa shape index (κ2) is 5.22. The van der Waals surface area contributed by atoms with E-state index in [2.05, 4.69) is 4.98 Å². The lowest BCUT2D eigenvalue weighted by Gasteiger charge is -2.20. The number of hydrogen-bond acceptors (Lipinski definition) is 3. The highest BCUT2D eigenvalue weighted by Crippen LogP contribution is 2.20. The zero-order chi connectivity index (χ0) is 14.0. The van der Waals surface area contributed by atoms with Crippen molar-refractivity contribution < 1.29 is 8.78 Å². The van der Waals surface area contributed by atoms with Crippen LogP contribution in [0.3, 0.4) is 0 Å². The highest BCUT2D eigenvalue weighted by Gasteiger charge is 2.09. The Morgan fingerprint density at radius 1 is 1.21 bits per heavy atom. The molecule has 19 heavy (non-hydrogen) atoms. The van der Waals surface area contributed by atoms with Crippen LogP contribution >= 0.6 is 0 Å². The molecule has 0 aliphatic rings. The molecule has 0 bridgehead atoms. The van der Waals surface area contributed by atoms with Gasteiger partial charge in [-0.25, -0.2) is 13.8 Å². The quantitative estimate of drug-likeness (QED) is 0.925. The van der Waals surface area contributed by atoms with E-state index in [1.807, 2.05) is 24.9 Å². The highest BCUT2D eigenvalue weighted by molar-refractivity contribution is 5.52. The molecule has 1 heterocycles. The average molecular weight is 263 g/mol. The minimum atomic E-state index is -0.840. The third-order valence-electron chi connectivity index (χ3n) is 2.84. The van der Waals surface area contributed by atoms with Gasteiger partial charge in [-0.15, -0.1) is 0 Å². The molecule has 0 spiro atoms. The van der Waals surface area contributed by atoms with Crippen LogP contribution in [0.4, 0.5) is 20.3 Å². The Morgan fingerprint density at radius 2 is 1.95 bits per heavy atom. The number of pyridine rings is 1. The summed E-state index contributed by atoms with van der Waals surface area (Å²) in [5.74, 6) is -0.917. The molecule has 1 aromatic carbocycles. The summed E-state index contributed by atoms with van der Waals surface area (Å²) >= 11 is 0. The Balaban J connectivity index is 2.20. The first-order valence-electron chi connectivity index (χ1n) is 5.84. The van der Waals surface area contributed by atoms with Crippen molar-refractivity contribution in [2.75, 3.05) is 17.7 Å². The SMILES string of the molecule is Cc1cc(N)cnc1N(C)Cc1ccc(F)c(F)c1. The third-order valence-corrected chi connectivity index (χ3v) is 2.84. The molecule has 3 nitrogen and oxygen atoms in total. The summed E-state index contributed by atoms with van der Waals surface area (Å²) in [6, 6.07) is 5.70. The van der Waals surface area contributed by atoms with Gasteiger partial charge in [0.2, 0.25) is 0 Å². The molecule has 0 aliphatic heterocycles. The van der Waals surface area contributed by atoms with E-state index in [1.165, 1.54) is 6.07 Å². The Hall–Kier alpha value is -2.17. The summed E-state index contributed by atoms with van der Waals surface area (Å²) in [5.41, 5.74) is 7.86. The van der Waals surface area contributed by atoms with Gasteiger partial charge in [0.1, 0.15) is 5.82 Å². The molecular weight excluding hydrogens is 248 g/mol. The first-order chi connectivity index (χ1) is 8.97. The van der Waals surface area contributed by atoms with Crippen molar-refractivity contribution in [2.24, 2.45) is 0 Å². The number of nitrogens with two attached hydrogens (primary N) is 1. The second-order valence-corrected chi connectivity index (χ2v) is 4.51. The lowest BCUT2D eigenvalue weighted by Crippen LogP contribution is -2.19. The Labute approximate surface area is 110 Å². The molecule has 0 aliphatic carbocycles. The fourth-order valence-electron chi connectivity index (χ4n) is 1.98. The van der Waals surface area contributed by atoms with Gasteiger partial charge in [-0.2, -0.15) is 0 Å². The lowest BCUT2D eigenvalue weighted by atomic mass is 10.2. The van der Waals surface area contributed by atoms with Gasteiger partial charge in [0.05, 0.1) is 11.9 Å². The molecule has 100 valence electrons. The summed E-state index contributed by atoms with van der Waals surface area (Å²) in [7, 11) is 1.84. The van der Waals surface area contributed by atoms with Crippen LogP contribution in [-0.2, 0) is 6.54 Å². The lowest BCUT2D eigenvalue weighted by molar-refractivity contribution is 0.507. The summed E-state index contributed by atoms with van der Waals surface area (Å²) in [6.07, 6.45) is 1.57. The molecule has 2 rings (SSSR count). The van der Waals surface area contributed by atoms with Crippen LogP contribution in [0, 0.1) is 18.6 Å². The van der Waals surface area contributed by atoms with Crippen molar-refractivity contribution in [2.45, 2.75) is 13.5 Å². The molecular formula is C14H15F2N3. The van der Waals surface area contributed by atoms with E-state index in [0.717, 1.165) is 17.4 Å². The molecule has 0 radical (unpaired) electrons. The predicted molar refractivity (Wildman–Crippen MR) is 71.9 cm³/mol. The van der Waals surface area contributed by atoms with Gasteiger partial charge in [-0.1, -0.05) is 6.07 Å². The van der Waals surface area contributed by atoms with E-state index in [0.29, 0.717) is 17.8 Å². The molecule has 0 unspecified atom stereocenters. The number of nitrogen functional groups attached to an aromatic ring is 1. The van der Waals surface area contributed by atoms with Gasteiger partial charge in [0.15, 0.2) is 11.6 Å². The topological polar surface area (TPSA) is 42.1 Å². The van der Waals surface area contributed by atoms with Crippen LogP contribution in [0.2, 0.25) is 0 Å². The van der Waals surface area contributed by atoms with Gasteiger partial charge < -0.3 is 10.6 Å². The summed E-state index contributed by atoms with van der Waals surface area (Å²) in [6.45, 7) is 2.34. The minimum absolute atomic E-state index is 0.439. The van der Waals surface area contributed by atoms with Crippen LogP contribution in [0.25, 0.3) is 0 Å². The molecule has 0 fully saturated rings. The zero-order valence-electron chi connectivity index (χ0n) is 10.8. The molecule has 2 aromatic rings. The van der Waals surface area contributed by atoms with Crippen LogP contribution in [-0.4, -0.2) is 12.0 Å². The van der Waals surface area contributed by atoms with Crippen LogP contribution in [0.1, 0.15) is 11.1 Å². The van der Waals surface area contributed by atoms with Gasteiger partial charge >= 0.3 is 0 Å². The van der Waals surface area contributed by atoms with Crippen molar-refractivity contribution in [1.82, 2.24) is 4.98 Å². The maximum Gasteiger partial charge on any atom is 0.159 e. The van der Waals surface area contributed by atoms with Gasteiger partial charge in [0, 0.05) is 13.6 Å². The van der Waals surface area contributed by atoms with Crippen LogP contribution < -0.4 is 10.6 Å². The molecule has 1 aromatic heterocycles. The standard InChI is InChI=1S/C14H15F2N3/c1-9-5-11(17)7-18-14(9)19(2)8-10-3-4-12(15)13(16)6-10/h3-7H,8,17H2,1-2H3. The largest absolute Gasteiger partial charge is 0.397 e. The van der Waals surface area contributed by atoms with E-state index >= 15 is 0 Å². The number of rotatable bonds is 3. The molecule has 0 saturated carbocycles. The molecule has 2 N–H and O–H groups in total. The molecule has 0 saturated heterocycles. The summed E-state index contributed by atoms with van der Waals surface area (Å²) in [4.78, 5) is 6.11. The Morgan fingerprint density at radius 3 is 2.58 bits per heavy atom. The van der Waals surface area contributed by atoms with E-state index in [-0.39, 0.29) is 0 Å².